The first kappa shape index (κ1) is 16.3. The van der Waals surface area contributed by atoms with Crippen LogP contribution in [0.15, 0.2) is 24.3 Å². The van der Waals surface area contributed by atoms with Crippen LogP contribution in [0.2, 0.25) is 5.02 Å². The zero-order valence-corrected chi connectivity index (χ0v) is 13.1. The molecule has 0 aromatic heterocycles. The molecule has 0 bridgehead atoms. The fraction of sp³-hybridized carbons (Fsp3) is 0.562. The lowest BCUT2D eigenvalue weighted by molar-refractivity contribution is -0.139. The second-order valence-electron chi connectivity index (χ2n) is 5.70. The van der Waals surface area contributed by atoms with Crippen LogP contribution in [0.4, 0.5) is 0 Å². The van der Waals surface area contributed by atoms with Crippen LogP contribution in [0, 0.1) is 5.92 Å². The van der Waals surface area contributed by atoms with Gasteiger partial charge in [0, 0.05) is 18.1 Å². The maximum Gasteiger partial charge on any atom is 0.320 e. The summed E-state index contributed by atoms with van der Waals surface area (Å²) in [4.78, 5) is 13.6. The second-order valence-corrected chi connectivity index (χ2v) is 6.14. The molecule has 1 fully saturated rings. The summed E-state index contributed by atoms with van der Waals surface area (Å²) in [6.07, 6.45) is 1.77. The molecule has 2 N–H and O–H groups in total. The van der Waals surface area contributed by atoms with E-state index in [1.807, 2.05) is 25.1 Å². The van der Waals surface area contributed by atoms with Crippen molar-refractivity contribution >= 4 is 17.6 Å². The van der Waals surface area contributed by atoms with E-state index in [2.05, 4.69) is 16.3 Å². The molecule has 1 aliphatic heterocycles. The fourth-order valence-electron chi connectivity index (χ4n) is 2.99. The Morgan fingerprint density at radius 3 is 3.05 bits per heavy atom. The van der Waals surface area contributed by atoms with Crippen molar-refractivity contribution < 1.29 is 9.90 Å². The van der Waals surface area contributed by atoms with E-state index >= 15 is 0 Å². The second kappa shape index (κ2) is 7.78. The molecular formula is C16H23ClN2O2. The lowest BCUT2D eigenvalue weighted by Crippen LogP contribution is -2.38. The minimum atomic E-state index is -0.745. The third kappa shape index (κ3) is 4.99. The Labute approximate surface area is 131 Å². The van der Waals surface area contributed by atoms with Gasteiger partial charge in [-0.05, 0) is 49.5 Å². The van der Waals surface area contributed by atoms with Crippen LogP contribution in [0.25, 0.3) is 0 Å². The summed E-state index contributed by atoms with van der Waals surface area (Å²) >= 11 is 6.01. The van der Waals surface area contributed by atoms with Crippen molar-refractivity contribution in [2.24, 2.45) is 5.92 Å². The molecule has 116 valence electrons. The molecule has 0 saturated carbocycles. The summed E-state index contributed by atoms with van der Waals surface area (Å²) < 4.78 is 0. The molecule has 0 spiro atoms. The number of hydrogen-bond donors (Lipinski definition) is 2. The topological polar surface area (TPSA) is 52.6 Å². The predicted octanol–water partition coefficient (Wildman–Crippen LogP) is 2.61. The van der Waals surface area contributed by atoms with E-state index in [0.717, 1.165) is 31.1 Å². The van der Waals surface area contributed by atoms with Crippen LogP contribution >= 0.6 is 11.6 Å². The van der Waals surface area contributed by atoms with E-state index in [9.17, 15) is 9.90 Å². The SMILES string of the molecule is CCNC(CC1CCN(Cc2cccc(Cl)c2)C1)C(=O)O. The van der Waals surface area contributed by atoms with Crippen molar-refractivity contribution in [2.45, 2.75) is 32.4 Å². The average molecular weight is 311 g/mol. The smallest absolute Gasteiger partial charge is 0.320 e. The maximum atomic E-state index is 11.2. The monoisotopic (exact) mass is 310 g/mol. The zero-order chi connectivity index (χ0) is 15.2. The van der Waals surface area contributed by atoms with E-state index < -0.39 is 12.0 Å². The van der Waals surface area contributed by atoms with E-state index in [0.29, 0.717) is 18.9 Å². The highest BCUT2D eigenvalue weighted by atomic mass is 35.5. The van der Waals surface area contributed by atoms with Gasteiger partial charge in [0.2, 0.25) is 0 Å². The summed E-state index contributed by atoms with van der Waals surface area (Å²) in [7, 11) is 0. The molecule has 0 amide bonds. The summed E-state index contributed by atoms with van der Waals surface area (Å²) in [5, 5.41) is 13.0. The molecule has 1 aromatic carbocycles. The van der Waals surface area contributed by atoms with Gasteiger partial charge in [-0.3, -0.25) is 9.69 Å². The number of benzene rings is 1. The Morgan fingerprint density at radius 1 is 1.57 bits per heavy atom. The Morgan fingerprint density at radius 2 is 2.38 bits per heavy atom. The Hall–Kier alpha value is -1.10. The van der Waals surface area contributed by atoms with Gasteiger partial charge in [-0.2, -0.15) is 0 Å². The number of aliphatic carboxylic acids is 1. The number of halogens is 1. The molecule has 21 heavy (non-hydrogen) atoms. The van der Waals surface area contributed by atoms with Gasteiger partial charge < -0.3 is 10.4 Å². The van der Waals surface area contributed by atoms with Gasteiger partial charge in [0.05, 0.1) is 0 Å². The average Bonchev–Trinajstić information content (AvgIpc) is 2.85. The van der Waals surface area contributed by atoms with Gasteiger partial charge in [0.1, 0.15) is 6.04 Å². The molecule has 1 aromatic rings. The largest absolute Gasteiger partial charge is 0.480 e. The third-order valence-corrected chi connectivity index (χ3v) is 4.22. The highest BCUT2D eigenvalue weighted by molar-refractivity contribution is 6.30. The van der Waals surface area contributed by atoms with Crippen molar-refractivity contribution in [3.8, 4) is 0 Å². The van der Waals surface area contributed by atoms with Gasteiger partial charge in [-0.1, -0.05) is 30.7 Å². The predicted molar refractivity (Wildman–Crippen MR) is 84.6 cm³/mol. The summed E-state index contributed by atoms with van der Waals surface area (Å²) in [6.45, 7) is 5.50. The van der Waals surface area contributed by atoms with Crippen molar-refractivity contribution in [1.82, 2.24) is 10.2 Å². The molecule has 1 aliphatic rings. The van der Waals surface area contributed by atoms with Crippen LogP contribution in [0.1, 0.15) is 25.3 Å². The number of likely N-dealkylation sites (tertiary alicyclic amines) is 1. The quantitative estimate of drug-likeness (QED) is 0.813. The van der Waals surface area contributed by atoms with Crippen molar-refractivity contribution in [3.63, 3.8) is 0 Å². The molecule has 2 atom stereocenters. The van der Waals surface area contributed by atoms with Crippen molar-refractivity contribution in [3.05, 3.63) is 34.9 Å². The highest BCUT2D eigenvalue weighted by Gasteiger charge is 2.27. The zero-order valence-electron chi connectivity index (χ0n) is 12.4. The Bertz CT molecular complexity index is 481. The Kier molecular flexibility index (Phi) is 6.03. The summed E-state index contributed by atoms with van der Waals surface area (Å²) in [5.74, 6) is -0.297. The number of nitrogens with zero attached hydrogens (tertiary/aromatic N) is 1. The highest BCUT2D eigenvalue weighted by Crippen LogP contribution is 2.23. The number of nitrogens with one attached hydrogen (secondary N) is 1. The van der Waals surface area contributed by atoms with Crippen LogP contribution in [-0.2, 0) is 11.3 Å². The molecule has 0 aliphatic carbocycles. The normalized spacial score (nSPS) is 20.6. The molecule has 1 saturated heterocycles. The number of rotatable bonds is 7. The molecular weight excluding hydrogens is 288 g/mol. The van der Waals surface area contributed by atoms with E-state index in [-0.39, 0.29) is 0 Å². The first-order valence-corrected chi connectivity index (χ1v) is 7.89. The van der Waals surface area contributed by atoms with Gasteiger partial charge in [-0.25, -0.2) is 0 Å². The molecule has 5 heteroatoms. The van der Waals surface area contributed by atoms with Gasteiger partial charge in [0.15, 0.2) is 0 Å². The van der Waals surface area contributed by atoms with Crippen molar-refractivity contribution in [2.75, 3.05) is 19.6 Å². The lowest BCUT2D eigenvalue weighted by Gasteiger charge is -2.19. The molecule has 2 rings (SSSR count). The van der Waals surface area contributed by atoms with Gasteiger partial charge in [0.25, 0.3) is 0 Å². The van der Waals surface area contributed by atoms with E-state index in [1.54, 1.807) is 0 Å². The number of likely N-dealkylation sites (N-methyl/N-ethyl adjacent to an activating group) is 1. The van der Waals surface area contributed by atoms with Crippen LogP contribution in [-0.4, -0.2) is 41.7 Å². The molecule has 4 nitrogen and oxygen atoms in total. The van der Waals surface area contributed by atoms with Crippen LogP contribution < -0.4 is 5.32 Å². The Balaban J connectivity index is 1.84. The minimum absolute atomic E-state index is 0.425. The molecule has 1 heterocycles. The standard InChI is InChI=1S/C16H23ClN2O2/c1-2-18-15(16(20)21)9-13-6-7-19(11-13)10-12-4-3-5-14(17)8-12/h3-5,8,13,15,18H,2,6-7,9-11H2,1H3,(H,20,21). The fourth-order valence-corrected chi connectivity index (χ4v) is 3.21. The first-order chi connectivity index (χ1) is 10.1. The van der Waals surface area contributed by atoms with Crippen molar-refractivity contribution in [1.29, 1.82) is 0 Å². The lowest BCUT2D eigenvalue weighted by atomic mass is 9.99. The van der Waals surface area contributed by atoms with Crippen LogP contribution in [0.3, 0.4) is 0 Å². The summed E-state index contributed by atoms with van der Waals surface area (Å²) in [5.41, 5.74) is 1.21. The van der Waals surface area contributed by atoms with Gasteiger partial charge in [-0.15, -0.1) is 0 Å². The third-order valence-electron chi connectivity index (χ3n) is 3.98. The minimum Gasteiger partial charge on any atom is -0.480 e. The van der Waals surface area contributed by atoms with E-state index in [4.69, 9.17) is 11.6 Å². The first-order valence-electron chi connectivity index (χ1n) is 7.51. The van der Waals surface area contributed by atoms with Gasteiger partial charge >= 0.3 is 5.97 Å². The number of hydrogen-bond acceptors (Lipinski definition) is 3. The van der Waals surface area contributed by atoms with Crippen LogP contribution in [0.5, 0.6) is 0 Å². The number of carboxylic acids is 1. The number of carboxylic acid groups (broad SMARTS) is 1. The molecule has 2 unspecified atom stereocenters. The number of carbonyl (C=O) groups is 1. The molecule has 0 radical (unpaired) electrons. The summed E-state index contributed by atoms with van der Waals surface area (Å²) in [6, 6.07) is 7.50. The maximum absolute atomic E-state index is 11.2. The van der Waals surface area contributed by atoms with E-state index in [1.165, 1.54) is 5.56 Å².